The average Bonchev–Trinajstić information content (AvgIpc) is 2.94. The van der Waals surface area contributed by atoms with Crippen molar-refractivity contribution < 1.29 is 0 Å². The molecule has 1 rings (SSSR count). The lowest BCUT2D eigenvalue weighted by Crippen LogP contribution is -2.12. The van der Waals surface area contributed by atoms with E-state index in [9.17, 15) is 0 Å². The minimum Gasteiger partial charge on any atom is -0.0654 e. The van der Waals surface area contributed by atoms with Gasteiger partial charge in [0.15, 0.2) is 0 Å². The molecule has 37 heavy (non-hydrogen) atoms. The first kappa shape index (κ1) is 36.6. The van der Waals surface area contributed by atoms with Gasteiger partial charge in [0.1, 0.15) is 0 Å². The van der Waals surface area contributed by atoms with Gasteiger partial charge in [0.25, 0.3) is 0 Å². The van der Waals surface area contributed by atoms with Crippen LogP contribution in [0.3, 0.4) is 0 Å². The Morgan fingerprint density at radius 1 is 0.378 bits per heavy atom. The Morgan fingerprint density at radius 3 is 1.05 bits per heavy atom. The SMILES string of the molecule is CCCCCCCCCCCCCCc1ccccc1.CCCC[P+](CCCC)(CCCC)CCCC. The molecular formula is C36H70P+. The quantitative estimate of drug-likeness (QED) is 0.0865. The minimum atomic E-state index is -0.562. The molecule has 0 saturated heterocycles. The first-order chi connectivity index (χ1) is 18.2. The number of hydrogen-bond acceptors (Lipinski definition) is 0. The van der Waals surface area contributed by atoms with Crippen molar-refractivity contribution in [3.63, 3.8) is 0 Å². The molecule has 0 N–H and O–H groups in total. The summed E-state index contributed by atoms with van der Waals surface area (Å²) in [5.41, 5.74) is 1.50. The molecule has 218 valence electrons. The zero-order chi connectivity index (χ0) is 27.3. The molecule has 1 aromatic rings. The predicted octanol–water partition coefficient (Wildman–Crippen LogP) is 13.1. The van der Waals surface area contributed by atoms with Crippen molar-refractivity contribution in [3.05, 3.63) is 35.9 Å². The van der Waals surface area contributed by atoms with E-state index < -0.39 is 7.26 Å². The van der Waals surface area contributed by atoms with Crippen LogP contribution in [0.15, 0.2) is 30.3 Å². The number of unbranched alkanes of at least 4 members (excludes halogenated alkanes) is 15. The van der Waals surface area contributed by atoms with Crippen LogP contribution in [-0.4, -0.2) is 24.6 Å². The second-order valence-corrected chi connectivity index (χ2v) is 16.2. The third-order valence-electron chi connectivity index (χ3n) is 8.11. The lowest BCUT2D eigenvalue weighted by Gasteiger charge is -2.28. The van der Waals surface area contributed by atoms with Crippen LogP contribution in [0.5, 0.6) is 0 Å². The van der Waals surface area contributed by atoms with Gasteiger partial charge in [-0.2, -0.15) is 0 Å². The largest absolute Gasteiger partial charge is 0.0654 e. The second-order valence-electron chi connectivity index (χ2n) is 11.8. The van der Waals surface area contributed by atoms with E-state index in [2.05, 4.69) is 65.0 Å². The fraction of sp³-hybridized carbons (Fsp3) is 0.833. The Morgan fingerprint density at radius 2 is 0.703 bits per heavy atom. The summed E-state index contributed by atoms with van der Waals surface area (Å²) in [6, 6.07) is 10.9. The third kappa shape index (κ3) is 23.3. The number of aryl methyl sites for hydroxylation is 1. The number of benzene rings is 1. The molecule has 0 amide bonds. The van der Waals surface area contributed by atoms with E-state index in [1.165, 1.54) is 140 Å². The topological polar surface area (TPSA) is 0 Å². The third-order valence-corrected chi connectivity index (χ3v) is 13.2. The number of hydrogen-bond donors (Lipinski definition) is 0. The van der Waals surface area contributed by atoms with E-state index in [1.54, 1.807) is 24.6 Å². The van der Waals surface area contributed by atoms with Crippen molar-refractivity contribution in [2.24, 2.45) is 0 Å². The van der Waals surface area contributed by atoms with Gasteiger partial charge in [-0.05, 0) is 44.1 Å². The van der Waals surface area contributed by atoms with Crippen molar-refractivity contribution >= 4 is 7.26 Å². The zero-order valence-electron chi connectivity index (χ0n) is 26.5. The normalized spacial score (nSPS) is 11.4. The Labute approximate surface area is 236 Å². The van der Waals surface area contributed by atoms with Crippen LogP contribution < -0.4 is 0 Å². The standard InChI is InChI=1S/C20H34.C16H36P/c1-2-3-4-5-6-7-8-9-10-11-12-14-17-20-18-15-13-16-19-20;1-5-9-13-17(14-10-6-2,15-11-7-3)16-12-8-4/h13,15-16,18-19H,2-12,14,17H2,1H3;5-16H2,1-4H3/q;+1. The van der Waals surface area contributed by atoms with Crippen LogP contribution in [-0.2, 0) is 6.42 Å². The smallest absolute Gasteiger partial charge is 0.0594 e. The van der Waals surface area contributed by atoms with E-state index in [4.69, 9.17) is 0 Å². The van der Waals surface area contributed by atoms with Gasteiger partial charge < -0.3 is 0 Å². The van der Waals surface area contributed by atoms with Crippen molar-refractivity contribution in [1.29, 1.82) is 0 Å². The maximum atomic E-state index is 2.36. The first-order valence-corrected chi connectivity index (χ1v) is 19.6. The maximum Gasteiger partial charge on any atom is 0.0594 e. The Kier molecular flexibility index (Phi) is 28.4. The average molecular weight is 534 g/mol. The Bertz CT molecular complexity index is 499. The van der Waals surface area contributed by atoms with Gasteiger partial charge in [-0.25, -0.2) is 0 Å². The number of rotatable bonds is 25. The molecule has 1 aromatic carbocycles. The van der Waals surface area contributed by atoms with Crippen LogP contribution in [0.4, 0.5) is 0 Å². The summed E-state index contributed by atoms with van der Waals surface area (Å²) in [4.78, 5) is 0. The van der Waals surface area contributed by atoms with Gasteiger partial charge in [-0.15, -0.1) is 0 Å². The van der Waals surface area contributed by atoms with Crippen LogP contribution >= 0.6 is 7.26 Å². The van der Waals surface area contributed by atoms with E-state index in [0.29, 0.717) is 0 Å². The second kappa shape index (κ2) is 28.7. The van der Waals surface area contributed by atoms with Crippen LogP contribution in [0.2, 0.25) is 0 Å². The van der Waals surface area contributed by atoms with E-state index in [-0.39, 0.29) is 0 Å². The highest BCUT2D eigenvalue weighted by Gasteiger charge is 2.34. The van der Waals surface area contributed by atoms with E-state index in [0.717, 1.165) is 0 Å². The van der Waals surface area contributed by atoms with Gasteiger partial charge in [0, 0.05) is 7.26 Å². The molecule has 0 atom stereocenters. The summed E-state index contributed by atoms with van der Waals surface area (Å²) in [7, 11) is -0.562. The zero-order valence-corrected chi connectivity index (χ0v) is 27.4. The molecular weight excluding hydrogens is 463 g/mol. The maximum absolute atomic E-state index is 2.36. The molecule has 0 spiro atoms. The minimum absolute atomic E-state index is 0.562. The molecule has 0 radical (unpaired) electrons. The summed E-state index contributed by atoms with van der Waals surface area (Å²) in [6.07, 6.45) is 36.4. The molecule has 1 heteroatoms. The lowest BCUT2D eigenvalue weighted by molar-refractivity contribution is 0.544. The Hall–Kier alpha value is -0.350. The van der Waals surface area contributed by atoms with Crippen LogP contribution in [0.1, 0.15) is 169 Å². The predicted molar refractivity (Wildman–Crippen MR) is 177 cm³/mol. The summed E-state index contributed by atoms with van der Waals surface area (Å²) >= 11 is 0. The summed E-state index contributed by atoms with van der Waals surface area (Å²) in [5.74, 6) is 0. The Balaban J connectivity index is 0.000000712. The van der Waals surface area contributed by atoms with E-state index in [1.807, 2.05) is 0 Å². The molecule has 0 nitrogen and oxygen atoms in total. The van der Waals surface area contributed by atoms with Gasteiger partial charge in [0.2, 0.25) is 0 Å². The van der Waals surface area contributed by atoms with E-state index >= 15 is 0 Å². The fourth-order valence-corrected chi connectivity index (χ4v) is 10.7. The molecule has 0 bridgehead atoms. The van der Waals surface area contributed by atoms with Gasteiger partial charge in [0.05, 0.1) is 24.6 Å². The molecule has 0 saturated carbocycles. The molecule has 0 fully saturated rings. The summed E-state index contributed by atoms with van der Waals surface area (Å²) in [6.45, 7) is 11.7. The van der Waals surface area contributed by atoms with Gasteiger partial charge in [-0.3, -0.25) is 0 Å². The molecule has 0 unspecified atom stereocenters. The lowest BCUT2D eigenvalue weighted by atomic mass is 10.0. The van der Waals surface area contributed by atoms with Crippen molar-refractivity contribution in [2.75, 3.05) is 24.6 Å². The monoisotopic (exact) mass is 534 g/mol. The molecule has 0 heterocycles. The first-order valence-electron chi connectivity index (χ1n) is 17.1. The van der Waals surface area contributed by atoms with Gasteiger partial charge in [-0.1, -0.05) is 161 Å². The fourth-order valence-electron chi connectivity index (χ4n) is 5.46. The molecule has 0 aromatic heterocycles. The highest BCUT2D eigenvalue weighted by Crippen LogP contribution is 2.61. The highest BCUT2D eigenvalue weighted by molar-refractivity contribution is 7.75. The van der Waals surface area contributed by atoms with Crippen molar-refractivity contribution in [2.45, 2.75) is 169 Å². The molecule has 0 aliphatic carbocycles. The highest BCUT2D eigenvalue weighted by atomic mass is 31.2. The summed E-state index contributed by atoms with van der Waals surface area (Å²) < 4.78 is 0. The van der Waals surface area contributed by atoms with Crippen molar-refractivity contribution in [1.82, 2.24) is 0 Å². The molecule has 0 aliphatic heterocycles. The molecule has 0 aliphatic rings. The summed E-state index contributed by atoms with van der Waals surface area (Å²) in [5, 5.41) is 0. The van der Waals surface area contributed by atoms with Crippen molar-refractivity contribution in [3.8, 4) is 0 Å². The van der Waals surface area contributed by atoms with Crippen LogP contribution in [0, 0.1) is 0 Å². The van der Waals surface area contributed by atoms with Gasteiger partial charge >= 0.3 is 0 Å². The van der Waals surface area contributed by atoms with Crippen LogP contribution in [0.25, 0.3) is 0 Å².